The van der Waals surface area contributed by atoms with Crippen LogP contribution in [0.1, 0.15) is 37.9 Å². The van der Waals surface area contributed by atoms with Crippen molar-refractivity contribution >= 4 is 11.6 Å². The summed E-state index contributed by atoms with van der Waals surface area (Å²) in [4.78, 5) is 11.7. The molecule has 3 rings (SSSR count). The molecule has 2 atom stereocenters. The lowest BCUT2D eigenvalue weighted by Gasteiger charge is -2.42. The van der Waals surface area contributed by atoms with Crippen LogP contribution in [-0.4, -0.2) is 19.1 Å². The third-order valence-electron chi connectivity index (χ3n) is 3.98. The zero-order valence-electron chi connectivity index (χ0n) is 11.3. The minimum absolute atomic E-state index is 0.0602. The molecule has 1 fully saturated rings. The second-order valence-electron chi connectivity index (χ2n) is 5.25. The molecule has 0 aromatic heterocycles. The topological polar surface area (TPSA) is 41.6 Å². The number of fused-ring (bicyclic) bond motifs is 3. The summed E-state index contributed by atoms with van der Waals surface area (Å²) in [5.41, 5.74) is 5.28. The Labute approximate surface area is 113 Å². The third-order valence-corrected chi connectivity index (χ3v) is 3.98. The second-order valence-corrected chi connectivity index (χ2v) is 5.25. The molecule has 4 nitrogen and oxygen atoms in total. The van der Waals surface area contributed by atoms with Gasteiger partial charge in [0, 0.05) is 31.1 Å². The summed E-state index contributed by atoms with van der Waals surface area (Å²) >= 11 is 0. The number of hydrogen-bond acceptors (Lipinski definition) is 3. The highest BCUT2D eigenvalue weighted by Crippen LogP contribution is 2.42. The monoisotopic (exact) mass is 260 g/mol. The van der Waals surface area contributed by atoms with Gasteiger partial charge in [0.05, 0.1) is 11.8 Å². The number of para-hydroxylation sites is 1. The van der Waals surface area contributed by atoms with Crippen LogP contribution in [0, 0.1) is 5.92 Å². The van der Waals surface area contributed by atoms with Gasteiger partial charge in [-0.25, -0.2) is 0 Å². The number of anilines is 1. The number of carbonyl (C=O) groups is 1. The molecule has 2 unspecified atom stereocenters. The summed E-state index contributed by atoms with van der Waals surface area (Å²) < 4.78 is 5.95. The van der Waals surface area contributed by atoms with Gasteiger partial charge in [0.2, 0.25) is 5.91 Å². The Morgan fingerprint density at radius 1 is 1.47 bits per heavy atom. The molecule has 1 aromatic carbocycles. The fraction of sp³-hybridized carbons (Fsp3) is 0.533. The molecule has 1 aromatic rings. The quantitative estimate of drug-likeness (QED) is 0.888. The highest BCUT2D eigenvalue weighted by molar-refractivity contribution is 5.78. The fourth-order valence-electron chi connectivity index (χ4n) is 3.02. The smallest absolute Gasteiger partial charge is 0.238 e. The van der Waals surface area contributed by atoms with E-state index in [0.29, 0.717) is 12.3 Å². The van der Waals surface area contributed by atoms with Gasteiger partial charge in [-0.3, -0.25) is 15.2 Å². The van der Waals surface area contributed by atoms with Crippen LogP contribution in [0.3, 0.4) is 0 Å². The van der Waals surface area contributed by atoms with Crippen molar-refractivity contribution in [1.29, 1.82) is 0 Å². The Hall–Kier alpha value is -1.55. The summed E-state index contributed by atoms with van der Waals surface area (Å²) in [7, 11) is 0. The molecule has 4 heteroatoms. The molecule has 0 bridgehead atoms. The Morgan fingerprint density at radius 2 is 2.32 bits per heavy atom. The highest BCUT2D eigenvalue weighted by Gasteiger charge is 2.36. The van der Waals surface area contributed by atoms with E-state index in [1.54, 1.807) is 0 Å². The Bertz CT molecular complexity index is 475. The van der Waals surface area contributed by atoms with Gasteiger partial charge in [0.15, 0.2) is 0 Å². The number of carbonyl (C=O) groups excluding carboxylic acids is 1. The van der Waals surface area contributed by atoms with Gasteiger partial charge in [0.25, 0.3) is 0 Å². The maximum Gasteiger partial charge on any atom is 0.238 e. The molecule has 2 aliphatic heterocycles. The van der Waals surface area contributed by atoms with Crippen molar-refractivity contribution in [1.82, 2.24) is 5.43 Å². The molecule has 102 valence electrons. The Kier molecular flexibility index (Phi) is 3.42. The number of rotatable bonds is 2. The normalized spacial score (nSPS) is 25.4. The zero-order valence-corrected chi connectivity index (χ0v) is 11.3. The van der Waals surface area contributed by atoms with Crippen LogP contribution in [0.4, 0.5) is 5.69 Å². The molecule has 1 amide bonds. The van der Waals surface area contributed by atoms with Crippen molar-refractivity contribution in [2.75, 3.05) is 18.2 Å². The summed E-state index contributed by atoms with van der Waals surface area (Å²) in [6.45, 7) is 3.56. The van der Waals surface area contributed by atoms with Crippen LogP contribution in [-0.2, 0) is 9.53 Å². The fourth-order valence-corrected chi connectivity index (χ4v) is 3.02. The standard InChI is InChI=1S/C15H20N2O2/c1-2-14(18)16-17-10-11-6-5-9-19-15(11)12-7-3-4-8-13(12)17/h3-4,7-8,11,15H,2,5-6,9-10H2,1H3,(H,16,18). The predicted molar refractivity (Wildman–Crippen MR) is 73.6 cm³/mol. The van der Waals surface area contributed by atoms with E-state index in [1.165, 1.54) is 5.56 Å². The predicted octanol–water partition coefficient (Wildman–Crippen LogP) is 2.42. The van der Waals surface area contributed by atoms with Gasteiger partial charge < -0.3 is 4.74 Å². The molecule has 0 saturated carbocycles. The molecule has 1 saturated heterocycles. The maximum atomic E-state index is 11.7. The van der Waals surface area contributed by atoms with Crippen LogP contribution < -0.4 is 10.4 Å². The summed E-state index contributed by atoms with van der Waals surface area (Å²) in [6.07, 6.45) is 2.97. The van der Waals surface area contributed by atoms with Gasteiger partial charge in [-0.05, 0) is 18.9 Å². The van der Waals surface area contributed by atoms with Crippen molar-refractivity contribution in [3.05, 3.63) is 29.8 Å². The van der Waals surface area contributed by atoms with Gasteiger partial charge >= 0.3 is 0 Å². The van der Waals surface area contributed by atoms with Crippen molar-refractivity contribution in [3.8, 4) is 0 Å². The number of nitrogens with one attached hydrogen (secondary N) is 1. The Balaban J connectivity index is 1.92. The van der Waals surface area contributed by atoms with Crippen molar-refractivity contribution < 1.29 is 9.53 Å². The van der Waals surface area contributed by atoms with E-state index in [4.69, 9.17) is 4.74 Å². The second kappa shape index (κ2) is 5.21. The summed E-state index contributed by atoms with van der Waals surface area (Å²) in [6, 6.07) is 8.22. The van der Waals surface area contributed by atoms with Crippen LogP contribution in [0.2, 0.25) is 0 Å². The van der Waals surface area contributed by atoms with E-state index in [9.17, 15) is 4.79 Å². The first-order valence-corrected chi connectivity index (χ1v) is 7.07. The van der Waals surface area contributed by atoms with Crippen LogP contribution >= 0.6 is 0 Å². The van der Waals surface area contributed by atoms with Gasteiger partial charge in [0.1, 0.15) is 0 Å². The summed E-state index contributed by atoms with van der Waals surface area (Å²) in [5.74, 6) is 0.533. The van der Waals surface area contributed by atoms with Crippen LogP contribution in [0.5, 0.6) is 0 Å². The van der Waals surface area contributed by atoms with Gasteiger partial charge in [-0.2, -0.15) is 0 Å². The molecule has 0 radical (unpaired) electrons. The van der Waals surface area contributed by atoms with E-state index in [1.807, 2.05) is 24.1 Å². The van der Waals surface area contributed by atoms with Crippen LogP contribution in [0.15, 0.2) is 24.3 Å². The maximum absolute atomic E-state index is 11.7. The first-order chi connectivity index (χ1) is 9.29. The third kappa shape index (κ3) is 2.32. The molecule has 0 aliphatic carbocycles. The van der Waals surface area contributed by atoms with Crippen molar-refractivity contribution in [3.63, 3.8) is 0 Å². The van der Waals surface area contributed by atoms with E-state index < -0.39 is 0 Å². The summed E-state index contributed by atoms with van der Waals surface area (Å²) in [5, 5.41) is 2.00. The molecular weight excluding hydrogens is 240 g/mol. The first kappa shape index (κ1) is 12.5. The number of benzene rings is 1. The van der Waals surface area contributed by atoms with Crippen molar-refractivity contribution in [2.24, 2.45) is 5.92 Å². The lowest BCUT2D eigenvalue weighted by atomic mass is 9.85. The van der Waals surface area contributed by atoms with E-state index in [0.717, 1.165) is 31.7 Å². The number of hydrazine groups is 1. The average molecular weight is 260 g/mol. The van der Waals surface area contributed by atoms with E-state index in [2.05, 4.69) is 17.6 Å². The van der Waals surface area contributed by atoms with E-state index >= 15 is 0 Å². The number of ether oxygens (including phenoxy) is 1. The largest absolute Gasteiger partial charge is 0.373 e. The Morgan fingerprint density at radius 3 is 3.16 bits per heavy atom. The highest BCUT2D eigenvalue weighted by atomic mass is 16.5. The average Bonchev–Trinajstić information content (AvgIpc) is 2.47. The number of amides is 1. The molecule has 19 heavy (non-hydrogen) atoms. The van der Waals surface area contributed by atoms with Crippen molar-refractivity contribution in [2.45, 2.75) is 32.3 Å². The minimum Gasteiger partial charge on any atom is -0.373 e. The first-order valence-electron chi connectivity index (χ1n) is 7.07. The van der Waals surface area contributed by atoms with Crippen LogP contribution in [0.25, 0.3) is 0 Å². The number of hydrogen-bond donors (Lipinski definition) is 1. The van der Waals surface area contributed by atoms with Gasteiger partial charge in [-0.15, -0.1) is 0 Å². The SMILES string of the molecule is CCC(=O)NN1CC2CCCOC2c2ccccc21. The van der Waals surface area contributed by atoms with E-state index in [-0.39, 0.29) is 12.0 Å². The molecule has 1 N–H and O–H groups in total. The molecule has 0 spiro atoms. The number of nitrogens with zero attached hydrogens (tertiary/aromatic N) is 1. The molecule has 2 aliphatic rings. The lowest BCUT2D eigenvalue weighted by Crippen LogP contribution is -2.49. The molecular formula is C15H20N2O2. The molecule has 2 heterocycles. The van der Waals surface area contributed by atoms with Gasteiger partial charge in [-0.1, -0.05) is 25.1 Å². The lowest BCUT2D eigenvalue weighted by molar-refractivity contribution is -0.121. The minimum atomic E-state index is 0.0602. The zero-order chi connectivity index (χ0) is 13.2.